The van der Waals surface area contributed by atoms with Gasteiger partial charge in [-0.1, -0.05) is 29.4 Å². The number of aromatic nitrogens is 1. The molecule has 0 atom stereocenters. The SMILES string of the molecule is Cc1noc(C)c1NC(=O)NC1Cc2ccccc2C1. The van der Waals surface area contributed by atoms with Gasteiger partial charge in [-0.25, -0.2) is 4.79 Å². The summed E-state index contributed by atoms with van der Waals surface area (Å²) in [5.74, 6) is 0.618. The van der Waals surface area contributed by atoms with E-state index in [2.05, 4.69) is 27.9 Å². The van der Waals surface area contributed by atoms with Gasteiger partial charge in [0.1, 0.15) is 11.4 Å². The molecule has 1 heterocycles. The Kier molecular flexibility index (Phi) is 3.18. The number of carbonyl (C=O) groups excluding carboxylic acids is 1. The zero-order chi connectivity index (χ0) is 14.1. The van der Waals surface area contributed by atoms with Crippen LogP contribution in [0.5, 0.6) is 0 Å². The van der Waals surface area contributed by atoms with Crippen molar-refractivity contribution >= 4 is 11.7 Å². The van der Waals surface area contributed by atoms with E-state index in [1.165, 1.54) is 11.1 Å². The minimum absolute atomic E-state index is 0.146. The largest absolute Gasteiger partial charge is 0.359 e. The van der Waals surface area contributed by atoms with Gasteiger partial charge in [0, 0.05) is 6.04 Å². The molecule has 3 rings (SSSR count). The van der Waals surface area contributed by atoms with Crippen LogP contribution in [0.15, 0.2) is 28.8 Å². The maximum atomic E-state index is 12.0. The number of aryl methyl sites for hydroxylation is 2. The molecule has 2 amide bonds. The zero-order valence-electron chi connectivity index (χ0n) is 11.6. The Hall–Kier alpha value is -2.30. The number of anilines is 1. The molecular formula is C15H17N3O2. The number of urea groups is 1. The number of hydrogen-bond donors (Lipinski definition) is 2. The van der Waals surface area contributed by atoms with Crippen LogP contribution in [0.3, 0.4) is 0 Å². The van der Waals surface area contributed by atoms with Crippen molar-refractivity contribution in [3.05, 3.63) is 46.8 Å². The van der Waals surface area contributed by atoms with E-state index in [1.54, 1.807) is 13.8 Å². The van der Waals surface area contributed by atoms with Crippen LogP contribution in [-0.2, 0) is 12.8 Å². The average Bonchev–Trinajstić information content (AvgIpc) is 2.96. The number of fused-ring (bicyclic) bond motifs is 1. The predicted octanol–water partition coefficient (Wildman–Crippen LogP) is 2.58. The second-order valence-electron chi connectivity index (χ2n) is 5.17. The lowest BCUT2D eigenvalue weighted by molar-refractivity contribution is 0.248. The third kappa shape index (κ3) is 2.39. The molecule has 5 nitrogen and oxygen atoms in total. The van der Waals surface area contributed by atoms with Crippen LogP contribution in [0, 0.1) is 13.8 Å². The molecule has 0 fully saturated rings. The van der Waals surface area contributed by atoms with Crippen molar-refractivity contribution in [1.29, 1.82) is 0 Å². The minimum Gasteiger partial charge on any atom is -0.359 e. The van der Waals surface area contributed by atoms with E-state index in [0.717, 1.165) is 12.8 Å². The second-order valence-corrected chi connectivity index (χ2v) is 5.17. The Bertz CT molecular complexity index is 604. The van der Waals surface area contributed by atoms with Gasteiger partial charge in [-0.2, -0.15) is 0 Å². The summed E-state index contributed by atoms with van der Waals surface area (Å²) < 4.78 is 5.02. The van der Waals surface area contributed by atoms with Gasteiger partial charge < -0.3 is 15.2 Å². The molecule has 2 aromatic rings. The van der Waals surface area contributed by atoms with Crippen molar-refractivity contribution in [3.63, 3.8) is 0 Å². The summed E-state index contributed by atoms with van der Waals surface area (Å²) in [6.07, 6.45) is 1.76. The van der Waals surface area contributed by atoms with E-state index in [-0.39, 0.29) is 12.1 Å². The number of nitrogens with zero attached hydrogens (tertiary/aromatic N) is 1. The number of benzene rings is 1. The number of amides is 2. The third-order valence-electron chi connectivity index (χ3n) is 3.66. The predicted molar refractivity (Wildman–Crippen MR) is 75.8 cm³/mol. The zero-order valence-corrected chi connectivity index (χ0v) is 11.6. The van der Waals surface area contributed by atoms with E-state index in [1.807, 2.05) is 12.1 Å². The van der Waals surface area contributed by atoms with E-state index in [0.29, 0.717) is 17.1 Å². The molecule has 1 aromatic heterocycles. The number of hydrogen-bond acceptors (Lipinski definition) is 3. The monoisotopic (exact) mass is 271 g/mol. The molecule has 0 saturated heterocycles. The normalized spacial score (nSPS) is 14.1. The molecule has 104 valence electrons. The van der Waals surface area contributed by atoms with E-state index in [9.17, 15) is 4.79 Å². The Labute approximate surface area is 117 Å². The molecule has 0 bridgehead atoms. The van der Waals surface area contributed by atoms with Gasteiger partial charge in [-0.05, 0) is 37.8 Å². The molecule has 5 heteroatoms. The van der Waals surface area contributed by atoms with Gasteiger partial charge in [-0.15, -0.1) is 0 Å². The highest BCUT2D eigenvalue weighted by Gasteiger charge is 2.23. The molecule has 1 aliphatic carbocycles. The van der Waals surface area contributed by atoms with Crippen molar-refractivity contribution in [2.24, 2.45) is 0 Å². The molecule has 2 N–H and O–H groups in total. The molecule has 20 heavy (non-hydrogen) atoms. The summed E-state index contributed by atoms with van der Waals surface area (Å²) in [6.45, 7) is 3.58. The Morgan fingerprint density at radius 1 is 1.25 bits per heavy atom. The van der Waals surface area contributed by atoms with Gasteiger partial charge in [0.25, 0.3) is 0 Å². The van der Waals surface area contributed by atoms with Crippen molar-refractivity contribution in [2.75, 3.05) is 5.32 Å². The van der Waals surface area contributed by atoms with E-state index >= 15 is 0 Å². The van der Waals surface area contributed by atoms with Crippen LogP contribution in [0.25, 0.3) is 0 Å². The van der Waals surface area contributed by atoms with Crippen molar-refractivity contribution in [3.8, 4) is 0 Å². The maximum absolute atomic E-state index is 12.0. The molecule has 1 aromatic carbocycles. The van der Waals surface area contributed by atoms with Gasteiger partial charge in [0.15, 0.2) is 5.76 Å². The third-order valence-corrected chi connectivity index (χ3v) is 3.66. The highest BCUT2D eigenvalue weighted by molar-refractivity contribution is 5.90. The lowest BCUT2D eigenvalue weighted by Gasteiger charge is -2.12. The fourth-order valence-corrected chi connectivity index (χ4v) is 2.66. The van der Waals surface area contributed by atoms with Crippen LogP contribution < -0.4 is 10.6 Å². The summed E-state index contributed by atoms with van der Waals surface area (Å²) in [5, 5.41) is 9.62. The minimum atomic E-state index is -0.211. The standard InChI is InChI=1S/C15H17N3O2/c1-9-14(10(2)20-18-9)17-15(19)16-13-7-11-5-3-4-6-12(11)8-13/h3-6,13H,7-8H2,1-2H3,(H2,16,17,19). The Morgan fingerprint density at radius 2 is 1.90 bits per heavy atom. The quantitative estimate of drug-likeness (QED) is 0.882. The molecule has 0 aliphatic heterocycles. The summed E-state index contributed by atoms with van der Waals surface area (Å²) in [4.78, 5) is 12.0. The average molecular weight is 271 g/mol. The topological polar surface area (TPSA) is 67.2 Å². The first-order valence-electron chi connectivity index (χ1n) is 6.70. The first kappa shape index (κ1) is 12.7. The molecule has 0 unspecified atom stereocenters. The molecule has 0 radical (unpaired) electrons. The van der Waals surface area contributed by atoms with Gasteiger partial charge in [-0.3, -0.25) is 0 Å². The van der Waals surface area contributed by atoms with Crippen LogP contribution in [0.4, 0.5) is 10.5 Å². The fourth-order valence-electron chi connectivity index (χ4n) is 2.66. The molecule has 0 saturated carbocycles. The van der Waals surface area contributed by atoms with Crippen molar-refractivity contribution < 1.29 is 9.32 Å². The van der Waals surface area contributed by atoms with Crippen molar-refractivity contribution in [2.45, 2.75) is 32.7 Å². The van der Waals surface area contributed by atoms with Crippen molar-refractivity contribution in [1.82, 2.24) is 10.5 Å². The lowest BCUT2D eigenvalue weighted by Crippen LogP contribution is -2.38. The van der Waals surface area contributed by atoms with Crippen LogP contribution >= 0.6 is 0 Å². The van der Waals surface area contributed by atoms with Gasteiger partial charge in [0.2, 0.25) is 0 Å². The smallest absolute Gasteiger partial charge is 0.319 e. The summed E-state index contributed by atoms with van der Waals surface area (Å²) in [7, 11) is 0. The summed E-state index contributed by atoms with van der Waals surface area (Å²) in [6, 6.07) is 8.23. The van der Waals surface area contributed by atoms with Crippen LogP contribution in [0.2, 0.25) is 0 Å². The number of rotatable bonds is 2. The second kappa shape index (κ2) is 5.00. The maximum Gasteiger partial charge on any atom is 0.319 e. The first-order valence-corrected chi connectivity index (χ1v) is 6.70. The molecular weight excluding hydrogens is 254 g/mol. The number of nitrogens with one attached hydrogen (secondary N) is 2. The molecule has 0 spiro atoms. The Morgan fingerprint density at radius 3 is 2.45 bits per heavy atom. The molecule has 1 aliphatic rings. The van der Waals surface area contributed by atoms with Crippen LogP contribution in [0.1, 0.15) is 22.6 Å². The van der Waals surface area contributed by atoms with E-state index < -0.39 is 0 Å². The number of carbonyl (C=O) groups is 1. The summed E-state index contributed by atoms with van der Waals surface area (Å²) >= 11 is 0. The lowest BCUT2D eigenvalue weighted by atomic mass is 10.1. The van der Waals surface area contributed by atoms with Gasteiger partial charge in [0.05, 0.1) is 0 Å². The van der Waals surface area contributed by atoms with E-state index in [4.69, 9.17) is 4.52 Å². The fraction of sp³-hybridized carbons (Fsp3) is 0.333. The van der Waals surface area contributed by atoms with Gasteiger partial charge >= 0.3 is 6.03 Å². The summed E-state index contributed by atoms with van der Waals surface area (Å²) in [5.41, 5.74) is 3.97. The highest BCUT2D eigenvalue weighted by atomic mass is 16.5. The van der Waals surface area contributed by atoms with Crippen LogP contribution in [-0.4, -0.2) is 17.2 Å². The highest BCUT2D eigenvalue weighted by Crippen LogP contribution is 2.22. The Balaban J connectivity index is 1.61. The first-order chi connectivity index (χ1) is 9.63.